The van der Waals surface area contributed by atoms with E-state index in [4.69, 9.17) is 4.84 Å². The zero-order chi connectivity index (χ0) is 17.1. The van der Waals surface area contributed by atoms with Crippen LogP contribution in [0.1, 0.15) is 70.4 Å². The maximum Gasteiger partial charge on any atom is 0.127 e. The van der Waals surface area contributed by atoms with Crippen molar-refractivity contribution in [3.63, 3.8) is 0 Å². The van der Waals surface area contributed by atoms with E-state index in [2.05, 4.69) is 63.4 Å². The van der Waals surface area contributed by atoms with Gasteiger partial charge in [-0.3, -0.25) is 0 Å². The van der Waals surface area contributed by atoms with E-state index < -0.39 is 0 Å². The third-order valence-corrected chi connectivity index (χ3v) is 4.10. The zero-order valence-electron chi connectivity index (χ0n) is 15.0. The van der Waals surface area contributed by atoms with Crippen molar-refractivity contribution < 1.29 is 4.84 Å². The second-order valence-electron chi connectivity index (χ2n) is 6.05. The van der Waals surface area contributed by atoms with E-state index in [1.807, 2.05) is 6.08 Å². The van der Waals surface area contributed by atoms with Crippen LogP contribution in [0.15, 0.2) is 48.3 Å². The molecule has 0 heterocycles. The fourth-order valence-electron chi connectivity index (χ4n) is 2.32. The minimum atomic E-state index is 0.345. The molecule has 1 aromatic carbocycles. The van der Waals surface area contributed by atoms with Crippen LogP contribution < -0.4 is 0 Å². The molecule has 2 nitrogen and oxygen atoms in total. The van der Waals surface area contributed by atoms with Crippen LogP contribution >= 0.6 is 0 Å². The molecule has 0 saturated heterocycles. The third kappa shape index (κ3) is 6.85. The summed E-state index contributed by atoms with van der Waals surface area (Å²) in [5.41, 5.74) is 3.19. The lowest BCUT2D eigenvalue weighted by molar-refractivity contribution is 0.214. The van der Waals surface area contributed by atoms with Gasteiger partial charge in [-0.05, 0) is 24.0 Å². The number of unbranched alkanes of at least 4 members (excludes halogenated alkanes) is 3. The Hall–Kier alpha value is -1.83. The van der Waals surface area contributed by atoms with E-state index in [1.165, 1.54) is 19.3 Å². The van der Waals surface area contributed by atoms with Crippen molar-refractivity contribution >= 4 is 11.8 Å². The van der Waals surface area contributed by atoms with Gasteiger partial charge in [-0.1, -0.05) is 88.7 Å². The first kappa shape index (κ1) is 19.2. The predicted octanol–water partition coefficient (Wildman–Crippen LogP) is 6.58. The molecule has 0 amide bonds. The normalized spacial score (nSPS) is 12.7. The largest absolute Gasteiger partial charge is 0.362 e. The summed E-state index contributed by atoms with van der Waals surface area (Å²) in [6, 6.07) is 8.27. The number of rotatable bonds is 11. The van der Waals surface area contributed by atoms with Gasteiger partial charge in [0.05, 0.1) is 5.71 Å². The van der Waals surface area contributed by atoms with Crippen molar-refractivity contribution in [2.45, 2.75) is 59.3 Å². The molecule has 0 aliphatic rings. The molecule has 0 saturated carbocycles. The van der Waals surface area contributed by atoms with Crippen LogP contribution in [-0.2, 0) is 4.84 Å². The van der Waals surface area contributed by atoms with Gasteiger partial charge in [-0.2, -0.15) is 0 Å². The minimum absolute atomic E-state index is 0.345. The van der Waals surface area contributed by atoms with Gasteiger partial charge in [-0.15, -0.1) is 0 Å². The summed E-state index contributed by atoms with van der Waals surface area (Å²) < 4.78 is 0. The van der Waals surface area contributed by atoms with Crippen molar-refractivity contribution in [2.75, 3.05) is 0 Å². The van der Waals surface area contributed by atoms with Crippen molar-refractivity contribution in [2.24, 2.45) is 11.1 Å². The lowest BCUT2D eigenvalue weighted by Crippen LogP contribution is -2.12. The Balaban J connectivity index is 2.72. The van der Waals surface area contributed by atoms with Gasteiger partial charge in [0, 0.05) is 12.3 Å². The number of nitrogens with zero attached hydrogens (tertiary/aromatic N) is 1. The molecule has 0 radical (unpaired) electrons. The Bertz CT molecular complexity index is 513. The summed E-state index contributed by atoms with van der Waals surface area (Å²) >= 11 is 0. The van der Waals surface area contributed by atoms with Crippen LogP contribution in [0.4, 0.5) is 0 Å². The van der Waals surface area contributed by atoms with E-state index in [0.717, 1.165) is 41.9 Å². The number of hydrogen-bond acceptors (Lipinski definition) is 2. The summed E-state index contributed by atoms with van der Waals surface area (Å²) in [5, 5.41) is 4.41. The highest BCUT2D eigenvalue weighted by Crippen LogP contribution is 2.17. The lowest BCUT2D eigenvalue weighted by Gasteiger charge is -2.13. The van der Waals surface area contributed by atoms with Gasteiger partial charge in [-0.25, -0.2) is 0 Å². The van der Waals surface area contributed by atoms with Crippen LogP contribution in [0.5, 0.6) is 0 Å². The van der Waals surface area contributed by atoms with Gasteiger partial charge in [0.15, 0.2) is 0 Å². The Morgan fingerprint density at radius 2 is 1.87 bits per heavy atom. The van der Waals surface area contributed by atoms with Crippen LogP contribution in [0.2, 0.25) is 0 Å². The highest BCUT2D eigenvalue weighted by Gasteiger charge is 2.12. The monoisotopic (exact) mass is 313 g/mol. The fourth-order valence-corrected chi connectivity index (χ4v) is 2.32. The number of allylic oxidation sites excluding steroid dienone is 1. The van der Waals surface area contributed by atoms with Crippen LogP contribution in [0.25, 0.3) is 6.08 Å². The van der Waals surface area contributed by atoms with E-state index in [1.54, 1.807) is 0 Å². The van der Waals surface area contributed by atoms with Crippen molar-refractivity contribution in [1.29, 1.82) is 0 Å². The molecular weight excluding hydrogens is 282 g/mol. The van der Waals surface area contributed by atoms with Gasteiger partial charge in [0.1, 0.15) is 5.76 Å². The predicted molar refractivity (Wildman–Crippen MR) is 102 cm³/mol. The first-order valence-corrected chi connectivity index (χ1v) is 8.77. The molecule has 0 fully saturated rings. The molecule has 0 aliphatic carbocycles. The molecule has 0 N–H and O–H groups in total. The summed E-state index contributed by atoms with van der Waals surface area (Å²) in [6.45, 7) is 14.3. The van der Waals surface area contributed by atoms with Crippen molar-refractivity contribution in [3.8, 4) is 0 Å². The second-order valence-corrected chi connectivity index (χ2v) is 6.05. The molecule has 1 aromatic rings. The Morgan fingerprint density at radius 3 is 2.43 bits per heavy atom. The van der Waals surface area contributed by atoms with E-state index >= 15 is 0 Å². The average Bonchev–Trinajstić information content (AvgIpc) is 2.59. The van der Waals surface area contributed by atoms with E-state index in [9.17, 15) is 0 Å². The summed E-state index contributed by atoms with van der Waals surface area (Å²) in [7, 11) is 0. The molecule has 1 rings (SSSR count). The lowest BCUT2D eigenvalue weighted by atomic mass is 9.95. The highest BCUT2D eigenvalue weighted by molar-refractivity contribution is 6.01. The third-order valence-electron chi connectivity index (χ3n) is 4.10. The van der Waals surface area contributed by atoms with Crippen molar-refractivity contribution in [1.82, 2.24) is 0 Å². The van der Waals surface area contributed by atoms with Crippen LogP contribution in [0, 0.1) is 5.92 Å². The number of benzene rings is 1. The molecule has 0 aliphatic heterocycles. The first-order chi connectivity index (χ1) is 11.1. The second kappa shape index (κ2) is 10.8. The molecule has 1 atom stereocenters. The Morgan fingerprint density at radius 1 is 1.17 bits per heavy atom. The minimum Gasteiger partial charge on any atom is -0.362 e. The molecule has 23 heavy (non-hydrogen) atoms. The standard InChI is InChI=1S/C21H31NO/c1-6-9-10-11-12-18(5)23-22-21(17(4)7-2)20-15-13-19(8-3)14-16-20/h8,13-17H,3,5-7,9-12H2,1-2,4H3/b22-21+. The summed E-state index contributed by atoms with van der Waals surface area (Å²) in [5.74, 6) is 1.10. The van der Waals surface area contributed by atoms with Gasteiger partial charge < -0.3 is 4.84 Å². The molecule has 0 bridgehead atoms. The molecule has 1 unspecified atom stereocenters. The number of hydrogen-bond donors (Lipinski definition) is 0. The van der Waals surface area contributed by atoms with Gasteiger partial charge >= 0.3 is 0 Å². The van der Waals surface area contributed by atoms with E-state index in [0.29, 0.717) is 5.92 Å². The van der Waals surface area contributed by atoms with Gasteiger partial charge in [0.2, 0.25) is 0 Å². The zero-order valence-corrected chi connectivity index (χ0v) is 15.0. The molecule has 126 valence electrons. The maximum atomic E-state index is 5.59. The SMILES string of the molecule is C=Cc1ccc(/C(=N/OC(=C)CCCCCC)C(C)CC)cc1. The van der Waals surface area contributed by atoms with Crippen molar-refractivity contribution in [3.05, 3.63) is 54.3 Å². The molecule has 0 aromatic heterocycles. The Kier molecular flexibility index (Phi) is 9.04. The van der Waals surface area contributed by atoms with E-state index in [-0.39, 0.29) is 0 Å². The van der Waals surface area contributed by atoms with Gasteiger partial charge in [0.25, 0.3) is 0 Å². The Labute approximate surface area is 141 Å². The molecule has 0 spiro atoms. The summed E-state index contributed by atoms with van der Waals surface area (Å²) in [4.78, 5) is 5.59. The fraction of sp³-hybridized carbons (Fsp3) is 0.476. The number of oxime groups is 1. The average molecular weight is 313 g/mol. The highest BCUT2D eigenvalue weighted by atomic mass is 16.6. The molecular formula is C21H31NO. The molecule has 2 heteroatoms. The van der Waals surface area contributed by atoms with Crippen LogP contribution in [0.3, 0.4) is 0 Å². The first-order valence-electron chi connectivity index (χ1n) is 8.77. The summed E-state index contributed by atoms with van der Waals surface area (Å²) in [6.07, 6.45) is 8.60. The maximum absolute atomic E-state index is 5.59. The topological polar surface area (TPSA) is 21.6 Å². The smallest absolute Gasteiger partial charge is 0.127 e. The van der Waals surface area contributed by atoms with Crippen LogP contribution in [-0.4, -0.2) is 5.71 Å². The quantitative estimate of drug-likeness (QED) is 0.196.